The van der Waals surface area contributed by atoms with E-state index in [0.717, 1.165) is 5.01 Å². The van der Waals surface area contributed by atoms with Crippen LogP contribution in [0.3, 0.4) is 0 Å². The van der Waals surface area contributed by atoms with Crippen LogP contribution in [-0.2, 0) is 9.53 Å². The van der Waals surface area contributed by atoms with Crippen LogP contribution < -0.4 is 16.1 Å². The predicted octanol–water partition coefficient (Wildman–Crippen LogP) is 0.455. The molecule has 1 fully saturated rings. The van der Waals surface area contributed by atoms with Crippen molar-refractivity contribution in [2.24, 2.45) is 16.0 Å². The van der Waals surface area contributed by atoms with Crippen molar-refractivity contribution in [1.82, 2.24) is 10.3 Å². The van der Waals surface area contributed by atoms with Crippen molar-refractivity contribution in [2.75, 3.05) is 25.0 Å². The first-order valence-corrected chi connectivity index (χ1v) is 7.38. The molecule has 0 spiro atoms. The van der Waals surface area contributed by atoms with E-state index >= 15 is 0 Å². The fourth-order valence-electron chi connectivity index (χ4n) is 2.33. The van der Waals surface area contributed by atoms with Gasteiger partial charge in [0, 0.05) is 20.7 Å². The fraction of sp³-hybridized carbons (Fsp3) is 0.333. The molecule has 134 valence electrons. The Kier molecular flexibility index (Phi) is 5.65. The van der Waals surface area contributed by atoms with Crippen LogP contribution in [0.15, 0.2) is 28.4 Å². The summed E-state index contributed by atoms with van der Waals surface area (Å²) in [5.74, 6) is 4.85. The molecule has 0 aromatic heterocycles. The van der Waals surface area contributed by atoms with Gasteiger partial charge >= 0.3 is 6.09 Å². The minimum atomic E-state index is -0.629. The van der Waals surface area contributed by atoms with Crippen LogP contribution in [0, 0.1) is 5.82 Å². The Morgan fingerprint density at radius 1 is 1.60 bits per heavy atom. The van der Waals surface area contributed by atoms with Crippen molar-refractivity contribution in [3.05, 3.63) is 29.6 Å². The lowest BCUT2D eigenvalue weighted by Gasteiger charge is -2.17. The molecule has 3 N–H and O–H groups in total. The van der Waals surface area contributed by atoms with Crippen molar-refractivity contribution in [3.8, 4) is 0 Å². The smallest absolute Gasteiger partial charge is 0.414 e. The van der Waals surface area contributed by atoms with Gasteiger partial charge in [-0.3, -0.25) is 14.7 Å². The molecule has 1 aromatic carbocycles. The third kappa shape index (κ3) is 4.29. The van der Waals surface area contributed by atoms with E-state index in [2.05, 4.69) is 22.2 Å². The van der Waals surface area contributed by atoms with Gasteiger partial charge in [-0.1, -0.05) is 0 Å². The van der Waals surface area contributed by atoms with E-state index in [0.29, 0.717) is 5.69 Å². The number of hydrazine groups is 1. The van der Waals surface area contributed by atoms with Crippen LogP contribution in [0.25, 0.3) is 0 Å². The van der Waals surface area contributed by atoms with Gasteiger partial charge in [0.05, 0.1) is 24.3 Å². The van der Waals surface area contributed by atoms with E-state index in [1.165, 1.54) is 31.0 Å². The molecule has 0 unspecified atom stereocenters. The molecule has 1 aliphatic rings. The second-order valence-corrected chi connectivity index (χ2v) is 5.39. The number of halogens is 1. The van der Waals surface area contributed by atoms with Crippen molar-refractivity contribution in [2.45, 2.75) is 13.0 Å². The molecule has 1 heterocycles. The van der Waals surface area contributed by atoms with Crippen molar-refractivity contribution in [3.63, 3.8) is 0 Å². The molecule has 0 radical (unpaired) electrons. The average molecular weight is 350 g/mol. The number of nitrogens with one attached hydrogen (secondary N) is 1. The molecular weight excluding hydrogens is 331 g/mol. The third-order valence-electron chi connectivity index (χ3n) is 3.46. The maximum Gasteiger partial charge on any atom is 0.414 e. The Balaban J connectivity index is 2.20. The maximum absolute atomic E-state index is 14.5. The van der Waals surface area contributed by atoms with Crippen LogP contribution in [0.1, 0.15) is 12.5 Å². The monoisotopic (exact) mass is 350 g/mol. The third-order valence-corrected chi connectivity index (χ3v) is 3.46. The van der Waals surface area contributed by atoms with Crippen LogP contribution in [0.5, 0.6) is 0 Å². The van der Waals surface area contributed by atoms with Gasteiger partial charge in [0.15, 0.2) is 5.84 Å². The number of rotatable bonds is 5. The molecule has 2 amide bonds. The minimum absolute atomic E-state index is 0.0894. The Labute approximate surface area is 143 Å². The second-order valence-electron chi connectivity index (χ2n) is 5.39. The first-order valence-electron chi connectivity index (χ1n) is 7.38. The zero-order valence-corrected chi connectivity index (χ0v) is 13.9. The molecular formula is C15H19FN6O3. The van der Waals surface area contributed by atoms with E-state index in [1.807, 2.05) is 0 Å². The van der Waals surface area contributed by atoms with Crippen LogP contribution in [0.4, 0.5) is 14.9 Å². The largest absolute Gasteiger partial charge is 0.442 e. The number of hydrogen-bond acceptors (Lipinski definition) is 6. The molecule has 1 aromatic rings. The minimum Gasteiger partial charge on any atom is -0.442 e. The SMILES string of the molecule is C=N/N=C(/c1ccc(N2C[C@H](CNC(C)=O)OC2=O)cc1F)N(C)N. The lowest BCUT2D eigenvalue weighted by molar-refractivity contribution is -0.119. The summed E-state index contributed by atoms with van der Waals surface area (Å²) in [5.41, 5.74) is 0.436. The Bertz CT molecular complexity index is 721. The van der Waals surface area contributed by atoms with Gasteiger partial charge in [0.1, 0.15) is 11.9 Å². The number of amidine groups is 1. The highest BCUT2D eigenvalue weighted by Crippen LogP contribution is 2.24. The van der Waals surface area contributed by atoms with Gasteiger partial charge in [-0.2, -0.15) is 5.10 Å². The molecule has 1 aliphatic heterocycles. The van der Waals surface area contributed by atoms with Gasteiger partial charge in [-0.05, 0) is 18.2 Å². The van der Waals surface area contributed by atoms with Gasteiger partial charge in [-0.15, -0.1) is 5.10 Å². The van der Waals surface area contributed by atoms with Gasteiger partial charge in [0.25, 0.3) is 0 Å². The number of nitrogens with two attached hydrogens (primary N) is 1. The summed E-state index contributed by atoms with van der Waals surface area (Å²) < 4.78 is 19.6. The number of nitrogens with zero attached hydrogens (tertiary/aromatic N) is 4. The number of ether oxygens (including phenoxy) is 1. The molecule has 0 bridgehead atoms. The molecule has 0 saturated carbocycles. The predicted molar refractivity (Wildman–Crippen MR) is 90.7 cm³/mol. The molecule has 9 nitrogen and oxygen atoms in total. The molecule has 0 aliphatic carbocycles. The quantitative estimate of drug-likeness (QED) is 0.347. The fourth-order valence-corrected chi connectivity index (χ4v) is 2.33. The summed E-state index contributed by atoms with van der Waals surface area (Å²) in [7, 11) is 1.49. The Hall–Kier alpha value is -3.01. The summed E-state index contributed by atoms with van der Waals surface area (Å²) in [4.78, 5) is 24.2. The molecule has 25 heavy (non-hydrogen) atoms. The summed E-state index contributed by atoms with van der Waals surface area (Å²) in [5, 5.41) is 10.7. The van der Waals surface area contributed by atoms with E-state index < -0.39 is 18.0 Å². The highest BCUT2D eigenvalue weighted by molar-refractivity contribution is 5.99. The van der Waals surface area contributed by atoms with E-state index in [1.54, 1.807) is 6.07 Å². The van der Waals surface area contributed by atoms with E-state index in [9.17, 15) is 14.0 Å². The standard InChI is InChI=1S/C15H19FN6O3/c1-9(23)19-7-11-8-22(15(24)25-11)10-4-5-12(13(16)6-10)14(20-18-2)21(3)17/h4-6,11H,2,7-8,17H2,1,3H3,(H,19,23)/b20-14-/t11-/m0/s1. The first kappa shape index (κ1) is 18.3. The highest BCUT2D eigenvalue weighted by atomic mass is 19.1. The molecule has 1 saturated heterocycles. The number of anilines is 1. The summed E-state index contributed by atoms with van der Waals surface area (Å²) in [6.07, 6.45) is -1.11. The summed E-state index contributed by atoms with van der Waals surface area (Å²) in [6.45, 7) is 4.99. The number of hydrogen-bond donors (Lipinski definition) is 2. The van der Waals surface area contributed by atoms with Crippen molar-refractivity contribution in [1.29, 1.82) is 0 Å². The topological polar surface area (TPSA) is 113 Å². The lowest BCUT2D eigenvalue weighted by Crippen LogP contribution is -2.34. The summed E-state index contributed by atoms with van der Waals surface area (Å²) >= 11 is 0. The first-order chi connectivity index (χ1) is 11.8. The number of carbonyl (C=O) groups is 2. The second kappa shape index (κ2) is 7.71. The molecule has 10 heteroatoms. The van der Waals surface area contributed by atoms with Gasteiger partial charge in [0.2, 0.25) is 5.91 Å². The van der Waals surface area contributed by atoms with Crippen LogP contribution in [-0.4, -0.2) is 55.8 Å². The number of benzene rings is 1. The number of carbonyl (C=O) groups excluding carboxylic acids is 2. The summed E-state index contributed by atoms with van der Waals surface area (Å²) in [6, 6.07) is 4.16. The zero-order chi connectivity index (χ0) is 18.6. The average Bonchev–Trinajstić information content (AvgIpc) is 2.92. The maximum atomic E-state index is 14.5. The molecule has 2 rings (SSSR count). The number of cyclic esters (lactones) is 1. The van der Waals surface area contributed by atoms with Gasteiger partial charge < -0.3 is 10.1 Å². The van der Waals surface area contributed by atoms with E-state index in [4.69, 9.17) is 10.6 Å². The zero-order valence-electron chi connectivity index (χ0n) is 13.9. The normalized spacial score (nSPS) is 17.3. The lowest BCUT2D eigenvalue weighted by atomic mass is 10.1. The van der Waals surface area contributed by atoms with Gasteiger partial charge in [-0.25, -0.2) is 15.0 Å². The van der Waals surface area contributed by atoms with Crippen molar-refractivity contribution < 1.29 is 18.7 Å². The van der Waals surface area contributed by atoms with Crippen molar-refractivity contribution >= 4 is 30.2 Å². The molecule has 1 atom stereocenters. The Morgan fingerprint density at radius 3 is 2.88 bits per heavy atom. The van der Waals surface area contributed by atoms with Crippen LogP contribution in [0.2, 0.25) is 0 Å². The number of amides is 2. The van der Waals surface area contributed by atoms with E-state index in [-0.39, 0.29) is 30.4 Å². The Morgan fingerprint density at radius 2 is 2.32 bits per heavy atom. The highest BCUT2D eigenvalue weighted by Gasteiger charge is 2.32. The van der Waals surface area contributed by atoms with Crippen LogP contribution >= 0.6 is 0 Å².